The van der Waals surface area contributed by atoms with Gasteiger partial charge in [0, 0.05) is 5.02 Å². The molecule has 0 fully saturated rings. The van der Waals surface area contributed by atoms with Crippen molar-refractivity contribution in [1.29, 1.82) is 0 Å². The zero-order valence-corrected chi connectivity index (χ0v) is 10.2. The number of tetrazole rings is 1. The maximum absolute atomic E-state index is 11.7. The molecule has 2 N–H and O–H groups in total. The topological polar surface area (TPSA) is 92.8 Å². The molecule has 18 heavy (non-hydrogen) atoms. The molecule has 0 unspecified atom stereocenters. The van der Waals surface area contributed by atoms with Gasteiger partial charge in [-0.25, -0.2) is 0 Å². The summed E-state index contributed by atoms with van der Waals surface area (Å²) in [4.78, 5) is 11.7. The van der Waals surface area contributed by atoms with E-state index in [9.17, 15) is 4.79 Å². The Hall–Kier alpha value is -2.15. The lowest BCUT2D eigenvalue weighted by molar-refractivity contribution is -0.122. The predicted octanol–water partition coefficient (Wildman–Crippen LogP) is 1.26. The molecule has 1 aromatic carbocycles. The van der Waals surface area contributed by atoms with Crippen molar-refractivity contribution in [1.82, 2.24) is 20.6 Å². The summed E-state index contributed by atoms with van der Waals surface area (Å²) < 4.78 is 5.42. The minimum Gasteiger partial charge on any atom is -0.481 e. The van der Waals surface area contributed by atoms with Crippen LogP contribution < -0.4 is 10.1 Å². The van der Waals surface area contributed by atoms with Gasteiger partial charge in [-0.1, -0.05) is 22.8 Å². The normalized spacial score (nSPS) is 11.9. The van der Waals surface area contributed by atoms with Crippen molar-refractivity contribution in [3.05, 3.63) is 29.3 Å². The van der Waals surface area contributed by atoms with Crippen molar-refractivity contribution >= 4 is 23.5 Å². The fraction of sp³-hybridized carbons (Fsp3) is 0.200. The van der Waals surface area contributed by atoms with E-state index in [4.69, 9.17) is 16.3 Å². The first-order valence-electron chi connectivity index (χ1n) is 5.11. The smallest absolute Gasteiger partial charge is 0.269 e. The van der Waals surface area contributed by atoms with Crippen LogP contribution in [-0.2, 0) is 4.79 Å². The summed E-state index contributed by atoms with van der Waals surface area (Å²) in [6.45, 7) is 1.61. The molecule has 0 aliphatic rings. The number of H-pyrrole nitrogens is 1. The molecule has 8 heteroatoms. The van der Waals surface area contributed by atoms with E-state index in [-0.39, 0.29) is 11.9 Å². The van der Waals surface area contributed by atoms with Gasteiger partial charge in [0.15, 0.2) is 6.10 Å². The van der Waals surface area contributed by atoms with Crippen molar-refractivity contribution in [3.8, 4) is 5.75 Å². The molecule has 1 atom stereocenters. The van der Waals surface area contributed by atoms with E-state index in [2.05, 4.69) is 25.9 Å². The number of benzene rings is 1. The number of aromatic amines is 1. The van der Waals surface area contributed by atoms with Crippen molar-refractivity contribution in [2.24, 2.45) is 0 Å². The van der Waals surface area contributed by atoms with Crippen LogP contribution in [0, 0.1) is 0 Å². The molecule has 0 aliphatic heterocycles. The third-order valence-electron chi connectivity index (χ3n) is 2.06. The molecule has 0 aliphatic carbocycles. The van der Waals surface area contributed by atoms with E-state index in [1.54, 1.807) is 31.2 Å². The number of hydrogen-bond acceptors (Lipinski definition) is 5. The van der Waals surface area contributed by atoms with Crippen LogP contribution in [-0.4, -0.2) is 32.6 Å². The highest BCUT2D eigenvalue weighted by Crippen LogP contribution is 2.18. The van der Waals surface area contributed by atoms with Gasteiger partial charge in [0.05, 0.1) is 0 Å². The largest absolute Gasteiger partial charge is 0.481 e. The monoisotopic (exact) mass is 267 g/mol. The molecule has 0 spiro atoms. The van der Waals surface area contributed by atoms with Gasteiger partial charge in [-0.15, -0.1) is 5.10 Å². The van der Waals surface area contributed by atoms with Crippen LogP contribution in [0.5, 0.6) is 5.75 Å². The Morgan fingerprint density at radius 2 is 2.39 bits per heavy atom. The number of carbonyl (C=O) groups is 1. The molecule has 0 radical (unpaired) electrons. The van der Waals surface area contributed by atoms with Crippen molar-refractivity contribution in [2.45, 2.75) is 13.0 Å². The summed E-state index contributed by atoms with van der Waals surface area (Å²) in [5, 5.41) is 15.7. The molecule has 2 aromatic rings. The highest BCUT2D eigenvalue weighted by Gasteiger charge is 2.16. The van der Waals surface area contributed by atoms with Crippen molar-refractivity contribution < 1.29 is 9.53 Å². The Bertz CT molecular complexity index is 531. The minimum absolute atomic E-state index is 0.0987. The van der Waals surface area contributed by atoms with Crippen LogP contribution in [0.2, 0.25) is 5.02 Å². The molecule has 0 bridgehead atoms. The molecule has 1 amide bonds. The molecule has 1 aromatic heterocycles. The van der Waals surface area contributed by atoms with Crippen molar-refractivity contribution in [3.63, 3.8) is 0 Å². The van der Waals surface area contributed by atoms with Crippen LogP contribution in [0.4, 0.5) is 5.95 Å². The SMILES string of the molecule is C[C@H](Oc1cccc(Cl)c1)C(=O)Nc1nn[nH]n1. The summed E-state index contributed by atoms with van der Waals surface area (Å²) in [5.41, 5.74) is 0. The number of aromatic nitrogens is 4. The first-order valence-corrected chi connectivity index (χ1v) is 5.49. The summed E-state index contributed by atoms with van der Waals surface area (Å²) in [5.74, 6) is 0.233. The molecule has 0 saturated heterocycles. The quantitative estimate of drug-likeness (QED) is 0.870. The van der Waals surface area contributed by atoms with E-state index < -0.39 is 6.10 Å². The van der Waals surface area contributed by atoms with Crippen LogP contribution in [0.15, 0.2) is 24.3 Å². The number of hydrogen-bond donors (Lipinski definition) is 2. The zero-order valence-electron chi connectivity index (χ0n) is 9.42. The predicted molar refractivity (Wildman–Crippen MR) is 64.3 cm³/mol. The number of rotatable bonds is 4. The van der Waals surface area contributed by atoms with Gasteiger partial charge in [-0.05, 0) is 30.3 Å². The van der Waals surface area contributed by atoms with Gasteiger partial charge >= 0.3 is 0 Å². The Morgan fingerprint density at radius 1 is 1.56 bits per heavy atom. The zero-order chi connectivity index (χ0) is 13.0. The Kier molecular flexibility index (Phi) is 3.73. The van der Waals surface area contributed by atoms with E-state index >= 15 is 0 Å². The molecule has 0 saturated carbocycles. The molecule has 7 nitrogen and oxygen atoms in total. The van der Waals surface area contributed by atoms with E-state index in [0.717, 1.165) is 0 Å². The van der Waals surface area contributed by atoms with Crippen LogP contribution in [0.3, 0.4) is 0 Å². The molecular weight excluding hydrogens is 258 g/mol. The Balaban J connectivity index is 1.95. The van der Waals surface area contributed by atoms with Crippen LogP contribution in [0.25, 0.3) is 0 Å². The molecular formula is C10H10ClN5O2. The summed E-state index contributed by atoms with van der Waals surface area (Å²) in [7, 11) is 0. The van der Waals surface area contributed by atoms with Gasteiger partial charge in [0.25, 0.3) is 11.9 Å². The standard InChI is InChI=1S/C10H10ClN5O2/c1-6(9(17)12-10-13-15-16-14-10)18-8-4-2-3-7(11)5-8/h2-6H,1H3,(H2,12,13,14,15,16,17)/t6-/m0/s1. The number of nitrogens with zero attached hydrogens (tertiary/aromatic N) is 3. The fourth-order valence-electron chi connectivity index (χ4n) is 1.22. The molecule has 1 heterocycles. The van der Waals surface area contributed by atoms with Crippen LogP contribution >= 0.6 is 11.6 Å². The van der Waals surface area contributed by atoms with E-state index in [1.165, 1.54) is 0 Å². The lowest BCUT2D eigenvalue weighted by Gasteiger charge is -2.13. The van der Waals surface area contributed by atoms with E-state index in [1.807, 2.05) is 0 Å². The average Bonchev–Trinajstić information content (AvgIpc) is 2.81. The second-order valence-electron chi connectivity index (χ2n) is 3.44. The van der Waals surface area contributed by atoms with Gasteiger partial charge in [-0.3, -0.25) is 10.1 Å². The lowest BCUT2D eigenvalue weighted by Crippen LogP contribution is -2.30. The summed E-state index contributed by atoms with van der Waals surface area (Å²) in [6, 6.07) is 6.80. The van der Waals surface area contributed by atoms with Gasteiger partial charge in [0.1, 0.15) is 5.75 Å². The van der Waals surface area contributed by atoms with Crippen molar-refractivity contribution in [2.75, 3.05) is 5.32 Å². The second kappa shape index (κ2) is 5.46. The Labute approximate surface area is 107 Å². The minimum atomic E-state index is -0.707. The third-order valence-corrected chi connectivity index (χ3v) is 2.29. The highest BCUT2D eigenvalue weighted by molar-refractivity contribution is 6.30. The second-order valence-corrected chi connectivity index (χ2v) is 3.88. The number of carbonyl (C=O) groups excluding carboxylic acids is 1. The number of halogens is 1. The highest BCUT2D eigenvalue weighted by atomic mass is 35.5. The van der Waals surface area contributed by atoms with Gasteiger partial charge in [-0.2, -0.15) is 5.21 Å². The number of amides is 1. The first-order chi connectivity index (χ1) is 8.65. The lowest BCUT2D eigenvalue weighted by atomic mass is 10.3. The summed E-state index contributed by atoms with van der Waals surface area (Å²) in [6.07, 6.45) is -0.707. The third kappa shape index (κ3) is 3.17. The number of anilines is 1. The molecule has 94 valence electrons. The summed E-state index contributed by atoms with van der Waals surface area (Å²) >= 11 is 5.81. The van der Waals surface area contributed by atoms with Gasteiger partial charge < -0.3 is 4.74 Å². The first kappa shape index (κ1) is 12.3. The maximum atomic E-state index is 11.7. The number of ether oxygens (including phenoxy) is 1. The average molecular weight is 268 g/mol. The number of nitrogens with one attached hydrogen (secondary N) is 2. The Morgan fingerprint density at radius 3 is 3.06 bits per heavy atom. The van der Waals surface area contributed by atoms with Gasteiger partial charge in [0.2, 0.25) is 0 Å². The van der Waals surface area contributed by atoms with E-state index in [0.29, 0.717) is 10.8 Å². The maximum Gasteiger partial charge on any atom is 0.269 e. The molecule has 2 rings (SSSR count). The van der Waals surface area contributed by atoms with Crippen LogP contribution in [0.1, 0.15) is 6.92 Å². The fourth-order valence-corrected chi connectivity index (χ4v) is 1.40.